The van der Waals surface area contributed by atoms with Crippen LogP contribution in [-0.2, 0) is 27.9 Å². The number of nitrogens with zero attached hydrogens (tertiary/aromatic N) is 4. The lowest BCUT2D eigenvalue weighted by Gasteiger charge is -2.49. The lowest BCUT2D eigenvalue weighted by Crippen LogP contribution is -2.70. The maximum atomic E-state index is 12.7. The molecule has 1 saturated heterocycles. The molecule has 0 radical (unpaired) electrons. The highest BCUT2D eigenvalue weighted by Crippen LogP contribution is 2.41. The summed E-state index contributed by atoms with van der Waals surface area (Å²) in [5.74, 6) is -2.04. The van der Waals surface area contributed by atoms with Crippen LogP contribution in [-0.4, -0.2) is 71.4 Å². The topological polar surface area (TPSA) is 161 Å². The molecule has 2 aromatic rings. The fourth-order valence-corrected chi connectivity index (χ4v) is 6.50. The number of primary amides is 1. The Bertz CT molecular complexity index is 1130. The quantitative estimate of drug-likeness (QED) is 0.340. The first-order chi connectivity index (χ1) is 15.3. The summed E-state index contributed by atoms with van der Waals surface area (Å²) in [5, 5.41) is 21.9. The molecule has 32 heavy (non-hydrogen) atoms. The van der Waals surface area contributed by atoms with Crippen molar-refractivity contribution in [3.05, 3.63) is 39.5 Å². The highest BCUT2D eigenvalue weighted by atomic mass is 32.2. The predicted octanol–water partition coefficient (Wildman–Crippen LogP) is 0.0489. The SMILES string of the molecule is Cn1c(SCC2=C(C(=O)O)N3C(=O)C(NC(=O)Cc4cccs4)[C@H]3SC2)nnc1C(N)=O. The summed E-state index contributed by atoms with van der Waals surface area (Å²) in [7, 11) is 1.59. The number of carbonyl (C=O) groups is 4. The van der Waals surface area contributed by atoms with Crippen LogP contribution in [0.25, 0.3) is 0 Å². The van der Waals surface area contributed by atoms with E-state index in [9.17, 15) is 24.3 Å². The minimum atomic E-state index is -1.21. The Morgan fingerprint density at radius 3 is 2.78 bits per heavy atom. The van der Waals surface area contributed by atoms with Crippen molar-refractivity contribution < 1.29 is 24.3 Å². The molecule has 4 heterocycles. The van der Waals surface area contributed by atoms with Gasteiger partial charge in [-0.1, -0.05) is 17.8 Å². The van der Waals surface area contributed by atoms with Crippen molar-refractivity contribution in [1.82, 2.24) is 25.0 Å². The molecular formula is C18H18N6O5S3. The molecule has 0 aromatic carbocycles. The number of carbonyl (C=O) groups excluding carboxylic acids is 3. The highest BCUT2D eigenvalue weighted by Gasteiger charge is 2.54. The lowest BCUT2D eigenvalue weighted by molar-refractivity contribution is -0.150. The zero-order valence-electron chi connectivity index (χ0n) is 16.7. The van der Waals surface area contributed by atoms with E-state index in [0.29, 0.717) is 16.5 Å². The van der Waals surface area contributed by atoms with Gasteiger partial charge in [0.1, 0.15) is 17.1 Å². The average Bonchev–Trinajstić information content (AvgIpc) is 3.39. The van der Waals surface area contributed by atoms with Gasteiger partial charge in [-0.15, -0.1) is 33.3 Å². The van der Waals surface area contributed by atoms with Crippen molar-refractivity contribution in [3.63, 3.8) is 0 Å². The van der Waals surface area contributed by atoms with E-state index in [1.807, 2.05) is 17.5 Å². The maximum Gasteiger partial charge on any atom is 0.352 e. The minimum Gasteiger partial charge on any atom is -0.477 e. The van der Waals surface area contributed by atoms with Gasteiger partial charge in [-0.25, -0.2) is 4.79 Å². The van der Waals surface area contributed by atoms with E-state index < -0.39 is 29.2 Å². The first-order valence-corrected chi connectivity index (χ1v) is 12.2. The Hall–Kier alpha value is -2.84. The summed E-state index contributed by atoms with van der Waals surface area (Å²) in [6.45, 7) is 0. The molecule has 4 rings (SSSR count). The maximum absolute atomic E-state index is 12.7. The van der Waals surface area contributed by atoms with Crippen molar-refractivity contribution in [2.75, 3.05) is 11.5 Å². The largest absolute Gasteiger partial charge is 0.477 e. The summed E-state index contributed by atoms with van der Waals surface area (Å²) in [4.78, 5) is 50.4. The number of aliphatic carboxylic acids is 1. The summed E-state index contributed by atoms with van der Waals surface area (Å²) in [6, 6.07) is 2.93. The van der Waals surface area contributed by atoms with Crippen LogP contribution in [0.1, 0.15) is 15.5 Å². The zero-order valence-corrected chi connectivity index (χ0v) is 19.1. The van der Waals surface area contributed by atoms with Crippen LogP contribution in [0.2, 0.25) is 0 Å². The molecule has 168 valence electrons. The molecular weight excluding hydrogens is 476 g/mol. The number of carboxylic acid groups (broad SMARTS) is 1. The number of carboxylic acids is 1. The van der Waals surface area contributed by atoms with Crippen LogP contribution in [0, 0.1) is 0 Å². The number of thiophene rings is 1. The number of nitrogens with one attached hydrogen (secondary N) is 1. The first-order valence-electron chi connectivity index (χ1n) is 9.31. The van der Waals surface area contributed by atoms with Crippen molar-refractivity contribution in [2.24, 2.45) is 12.8 Å². The van der Waals surface area contributed by atoms with Crippen molar-refractivity contribution in [2.45, 2.75) is 23.0 Å². The van der Waals surface area contributed by atoms with Gasteiger partial charge < -0.3 is 20.7 Å². The van der Waals surface area contributed by atoms with Crippen LogP contribution in [0.3, 0.4) is 0 Å². The number of fused-ring (bicyclic) bond motifs is 1. The van der Waals surface area contributed by atoms with Gasteiger partial charge in [0.15, 0.2) is 5.16 Å². The van der Waals surface area contributed by atoms with Crippen molar-refractivity contribution in [3.8, 4) is 0 Å². The Morgan fingerprint density at radius 2 is 2.16 bits per heavy atom. The number of hydrogen-bond acceptors (Lipinski definition) is 9. The molecule has 2 aliphatic heterocycles. The van der Waals surface area contributed by atoms with Crippen LogP contribution < -0.4 is 11.1 Å². The number of amides is 3. The van der Waals surface area contributed by atoms with E-state index in [1.54, 1.807) is 7.05 Å². The van der Waals surface area contributed by atoms with E-state index in [0.717, 1.165) is 4.88 Å². The van der Waals surface area contributed by atoms with E-state index in [2.05, 4.69) is 15.5 Å². The third kappa shape index (κ3) is 4.12. The Labute approximate surface area is 194 Å². The summed E-state index contributed by atoms with van der Waals surface area (Å²) in [5.41, 5.74) is 5.70. The number of hydrogen-bond donors (Lipinski definition) is 3. The monoisotopic (exact) mass is 494 g/mol. The van der Waals surface area contributed by atoms with Crippen LogP contribution in [0.15, 0.2) is 33.9 Å². The molecule has 1 unspecified atom stereocenters. The molecule has 11 nitrogen and oxygen atoms in total. The van der Waals surface area contributed by atoms with Gasteiger partial charge in [0, 0.05) is 23.4 Å². The van der Waals surface area contributed by atoms with Crippen LogP contribution >= 0.6 is 34.9 Å². The predicted molar refractivity (Wildman–Crippen MR) is 118 cm³/mol. The van der Waals surface area contributed by atoms with E-state index in [4.69, 9.17) is 5.73 Å². The molecule has 3 amide bonds. The van der Waals surface area contributed by atoms with Gasteiger partial charge in [0.2, 0.25) is 11.7 Å². The molecule has 14 heteroatoms. The van der Waals surface area contributed by atoms with E-state index >= 15 is 0 Å². The molecule has 0 saturated carbocycles. The van der Waals surface area contributed by atoms with Gasteiger partial charge in [-0.05, 0) is 17.0 Å². The highest BCUT2D eigenvalue weighted by molar-refractivity contribution is 8.01. The smallest absolute Gasteiger partial charge is 0.352 e. The zero-order chi connectivity index (χ0) is 23.0. The molecule has 0 aliphatic carbocycles. The number of rotatable bonds is 8. The molecule has 0 bridgehead atoms. The molecule has 0 spiro atoms. The second-order valence-corrected chi connectivity index (χ2v) is 10.1. The number of nitrogens with two attached hydrogens (primary N) is 1. The third-order valence-electron chi connectivity index (χ3n) is 4.91. The van der Waals surface area contributed by atoms with Gasteiger partial charge in [0.25, 0.3) is 11.8 Å². The Morgan fingerprint density at radius 1 is 1.38 bits per heavy atom. The average molecular weight is 495 g/mol. The van der Waals surface area contributed by atoms with Gasteiger partial charge in [0.05, 0.1) is 6.42 Å². The second kappa shape index (κ2) is 8.96. The third-order valence-corrected chi connectivity index (χ3v) is 8.23. The molecule has 2 atom stereocenters. The number of aromatic nitrogens is 3. The number of β-lactam (4-membered cyclic amide) rings is 1. The van der Waals surface area contributed by atoms with Crippen LogP contribution in [0.4, 0.5) is 0 Å². The Kier molecular flexibility index (Phi) is 6.26. The molecule has 4 N–H and O–H groups in total. The normalized spacial score (nSPS) is 20.0. The van der Waals surface area contributed by atoms with E-state index in [1.165, 1.54) is 44.3 Å². The van der Waals surface area contributed by atoms with Gasteiger partial charge in [-0.2, -0.15) is 0 Å². The van der Waals surface area contributed by atoms with Gasteiger partial charge >= 0.3 is 5.97 Å². The molecule has 2 aromatic heterocycles. The van der Waals surface area contributed by atoms with Crippen molar-refractivity contribution in [1.29, 1.82) is 0 Å². The van der Waals surface area contributed by atoms with Gasteiger partial charge in [-0.3, -0.25) is 19.3 Å². The minimum absolute atomic E-state index is 0.00271. The summed E-state index contributed by atoms with van der Waals surface area (Å²) >= 11 is 4.04. The second-order valence-electron chi connectivity index (χ2n) is 6.99. The number of thioether (sulfide) groups is 2. The molecule has 1 fully saturated rings. The lowest BCUT2D eigenvalue weighted by atomic mass is 10.0. The Balaban J connectivity index is 1.45. The fourth-order valence-electron chi connectivity index (χ4n) is 3.40. The first kappa shape index (κ1) is 22.4. The van der Waals surface area contributed by atoms with E-state index in [-0.39, 0.29) is 29.6 Å². The molecule has 2 aliphatic rings. The van der Waals surface area contributed by atoms with Crippen LogP contribution in [0.5, 0.6) is 0 Å². The summed E-state index contributed by atoms with van der Waals surface area (Å²) in [6.07, 6.45) is 0.174. The standard InChI is InChI=1S/C18H18N6O5S3/c1-23-14(13(19)26)21-22-18(23)32-7-8-6-31-16-11(15(27)24(16)12(8)17(28)29)20-10(25)5-9-3-2-4-30-9/h2-4,11,16H,5-7H2,1H3,(H2,19,26)(H,20,25)(H,28,29)/t11?,16-/m1/s1. The fraction of sp³-hybridized carbons (Fsp3) is 0.333. The summed E-state index contributed by atoms with van der Waals surface area (Å²) < 4.78 is 1.43. The van der Waals surface area contributed by atoms with Crippen molar-refractivity contribution >= 4 is 58.6 Å².